The summed E-state index contributed by atoms with van der Waals surface area (Å²) in [5, 5.41) is 3.44. The monoisotopic (exact) mass is 232 g/mol. The van der Waals surface area contributed by atoms with Gasteiger partial charge in [-0.3, -0.25) is 0 Å². The lowest BCUT2D eigenvalue weighted by Crippen LogP contribution is -2.15. The Bertz CT molecular complexity index is 370. The third-order valence-corrected chi connectivity index (χ3v) is 3.09. The van der Waals surface area contributed by atoms with Gasteiger partial charge in [-0.2, -0.15) is 0 Å². The predicted octanol–water partition coefficient (Wildman–Crippen LogP) is 2.68. The van der Waals surface area contributed by atoms with Gasteiger partial charge in [-0.05, 0) is 37.8 Å². The number of pyridine rings is 1. The fourth-order valence-corrected chi connectivity index (χ4v) is 2.08. The first-order chi connectivity index (χ1) is 8.38. The molecule has 3 heteroatoms. The standard InChI is InChI=1S/C14H20N2O/c1-17-14-7-6-13(11-16-14)10-15-9-8-12-4-2-3-5-12/h4,6-7,11,15H,2-3,5,8-10H2,1H3. The fourth-order valence-electron chi connectivity index (χ4n) is 2.08. The van der Waals surface area contributed by atoms with E-state index in [0.717, 1.165) is 13.1 Å². The molecule has 0 saturated carbocycles. The molecule has 3 nitrogen and oxygen atoms in total. The van der Waals surface area contributed by atoms with E-state index in [1.807, 2.05) is 18.3 Å². The van der Waals surface area contributed by atoms with E-state index in [9.17, 15) is 0 Å². The summed E-state index contributed by atoms with van der Waals surface area (Å²) < 4.78 is 5.02. The highest BCUT2D eigenvalue weighted by Crippen LogP contribution is 2.19. The van der Waals surface area contributed by atoms with E-state index < -0.39 is 0 Å². The quantitative estimate of drug-likeness (QED) is 0.605. The maximum Gasteiger partial charge on any atom is 0.212 e. The molecule has 0 spiro atoms. The molecular weight excluding hydrogens is 212 g/mol. The molecule has 2 rings (SSSR count). The van der Waals surface area contributed by atoms with Crippen LogP contribution in [-0.2, 0) is 6.54 Å². The van der Waals surface area contributed by atoms with Crippen molar-refractivity contribution in [1.29, 1.82) is 0 Å². The third-order valence-electron chi connectivity index (χ3n) is 3.09. The summed E-state index contributed by atoms with van der Waals surface area (Å²) in [5.74, 6) is 0.671. The summed E-state index contributed by atoms with van der Waals surface area (Å²) in [4.78, 5) is 4.18. The van der Waals surface area contributed by atoms with Crippen molar-refractivity contribution in [3.63, 3.8) is 0 Å². The summed E-state index contributed by atoms with van der Waals surface area (Å²) in [6, 6.07) is 3.95. The highest BCUT2D eigenvalue weighted by molar-refractivity contribution is 5.17. The molecular formula is C14H20N2O. The van der Waals surface area contributed by atoms with Crippen LogP contribution in [0.4, 0.5) is 0 Å². The van der Waals surface area contributed by atoms with Crippen LogP contribution < -0.4 is 10.1 Å². The molecule has 0 aliphatic heterocycles. The molecule has 1 aliphatic rings. The average Bonchev–Trinajstić information content (AvgIpc) is 2.88. The lowest BCUT2D eigenvalue weighted by Gasteiger charge is -2.06. The molecule has 0 bridgehead atoms. The lowest BCUT2D eigenvalue weighted by atomic mass is 10.1. The second-order valence-electron chi connectivity index (χ2n) is 4.39. The highest BCUT2D eigenvalue weighted by Gasteiger charge is 2.03. The van der Waals surface area contributed by atoms with Gasteiger partial charge < -0.3 is 10.1 Å². The van der Waals surface area contributed by atoms with Gasteiger partial charge in [0.05, 0.1) is 7.11 Å². The van der Waals surface area contributed by atoms with Crippen molar-refractivity contribution < 1.29 is 4.74 Å². The maximum absolute atomic E-state index is 5.02. The minimum atomic E-state index is 0.671. The van der Waals surface area contributed by atoms with Gasteiger partial charge in [-0.15, -0.1) is 0 Å². The number of allylic oxidation sites excluding steroid dienone is 1. The van der Waals surface area contributed by atoms with E-state index in [1.165, 1.54) is 31.2 Å². The molecule has 0 unspecified atom stereocenters. The SMILES string of the molecule is COc1ccc(CNCCC2=CCCC2)cn1. The Morgan fingerprint density at radius 3 is 3.00 bits per heavy atom. The fraction of sp³-hybridized carbons (Fsp3) is 0.500. The molecule has 1 N–H and O–H groups in total. The smallest absolute Gasteiger partial charge is 0.212 e. The summed E-state index contributed by atoms with van der Waals surface area (Å²) in [5.41, 5.74) is 2.82. The summed E-state index contributed by atoms with van der Waals surface area (Å²) in [6.07, 6.45) is 9.35. The molecule has 1 aromatic heterocycles. The zero-order valence-corrected chi connectivity index (χ0v) is 10.4. The maximum atomic E-state index is 5.02. The van der Waals surface area contributed by atoms with Crippen LogP contribution in [0.3, 0.4) is 0 Å². The first-order valence-corrected chi connectivity index (χ1v) is 6.26. The first kappa shape index (κ1) is 12.1. The summed E-state index contributed by atoms with van der Waals surface area (Å²) in [7, 11) is 1.63. The van der Waals surface area contributed by atoms with Crippen molar-refractivity contribution in [2.45, 2.75) is 32.2 Å². The summed E-state index contributed by atoms with van der Waals surface area (Å²) in [6.45, 7) is 1.93. The number of ether oxygens (including phenoxy) is 1. The van der Waals surface area contributed by atoms with Gasteiger partial charge in [0.1, 0.15) is 0 Å². The number of aromatic nitrogens is 1. The number of hydrogen-bond acceptors (Lipinski definition) is 3. The van der Waals surface area contributed by atoms with E-state index in [0.29, 0.717) is 5.88 Å². The molecule has 1 aromatic rings. The van der Waals surface area contributed by atoms with Crippen LogP contribution in [0, 0.1) is 0 Å². The Morgan fingerprint density at radius 2 is 2.35 bits per heavy atom. The van der Waals surface area contributed by atoms with E-state index in [-0.39, 0.29) is 0 Å². The van der Waals surface area contributed by atoms with Gasteiger partial charge in [-0.1, -0.05) is 17.7 Å². The number of rotatable bonds is 6. The molecule has 92 valence electrons. The minimum Gasteiger partial charge on any atom is -0.481 e. The van der Waals surface area contributed by atoms with Gasteiger partial charge in [0.2, 0.25) is 5.88 Å². The van der Waals surface area contributed by atoms with Crippen LogP contribution in [-0.4, -0.2) is 18.6 Å². The molecule has 1 aliphatic carbocycles. The molecule has 17 heavy (non-hydrogen) atoms. The van der Waals surface area contributed by atoms with Crippen molar-refractivity contribution >= 4 is 0 Å². The number of nitrogens with one attached hydrogen (secondary N) is 1. The van der Waals surface area contributed by atoms with E-state index in [4.69, 9.17) is 4.74 Å². The molecule has 1 heterocycles. The first-order valence-electron chi connectivity index (χ1n) is 6.26. The van der Waals surface area contributed by atoms with Gasteiger partial charge >= 0.3 is 0 Å². The molecule has 0 fully saturated rings. The number of nitrogens with zero attached hydrogens (tertiary/aromatic N) is 1. The van der Waals surface area contributed by atoms with Crippen molar-refractivity contribution in [3.8, 4) is 5.88 Å². The van der Waals surface area contributed by atoms with E-state index in [1.54, 1.807) is 12.7 Å². The average molecular weight is 232 g/mol. The van der Waals surface area contributed by atoms with Gasteiger partial charge in [0.15, 0.2) is 0 Å². The van der Waals surface area contributed by atoms with Gasteiger partial charge in [0, 0.05) is 18.8 Å². The highest BCUT2D eigenvalue weighted by atomic mass is 16.5. The van der Waals surface area contributed by atoms with Crippen LogP contribution in [0.15, 0.2) is 30.0 Å². The lowest BCUT2D eigenvalue weighted by molar-refractivity contribution is 0.397. The van der Waals surface area contributed by atoms with E-state index >= 15 is 0 Å². The number of methoxy groups -OCH3 is 1. The topological polar surface area (TPSA) is 34.1 Å². The van der Waals surface area contributed by atoms with Crippen LogP contribution in [0.1, 0.15) is 31.2 Å². The second kappa shape index (κ2) is 6.40. The third kappa shape index (κ3) is 3.86. The Morgan fingerprint density at radius 1 is 1.41 bits per heavy atom. The van der Waals surface area contributed by atoms with Crippen molar-refractivity contribution in [3.05, 3.63) is 35.5 Å². The Hall–Kier alpha value is -1.35. The Kier molecular flexibility index (Phi) is 4.56. The molecule has 0 amide bonds. The molecule has 0 atom stereocenters. The Labute approximate surface area is 103 Å². The van der Waals surface area contributed by atoms with Crippen LogP contribution in [0.5, 0.6) is 5.88 Å². The normalized spacial score (nSPS) is 14.8. The Balaban J connectivity index is 1.67. The second-order valence-corrected chi connectivity index (χ2v) is 4.39. The minimum absolute atomic E-state index is 0.671. The largest absolute Gasteiger partial charge is 0.481 e. The van der Waals surface area contributed by atoms with Crippen LogP contribution in [0.25, 0.3) is 0 Å². The van der Waals surface area contributed by atoms with Gasteiger partial charge in [-0.25, -0.2) is 4.98 Å². The van der Waals surface area contributed by atoms with Crippen LogP contribution >= 0.6 is 0 Å². The van der Waals surface area contributed by atoms with E-state index in [2.05, 4.69) is 16.4 Å². The zero-order valence-electron chi connectivity index (χ0n) is 10.4. The molecule has 0 saturated heterocycles. The van der Waals surface area contributed by atoms with Crippen molar-refractivity contribution in [2.75, 3.05) is 13.7 Å². The zero-order chi connectivity index (χ0) is 11.9. The van der Waals surface area contributed by atoms with Crippen molar-refractivity contribution in [2.24, 2.45) is 0 Å². The number of hydrogen-bond donors (Lipinski definition) is 1. The molecule has 0 radical (unpaired) electrons. The van der Waals surface area contributed by atoms with Crippen molar-refractivity contribution in [1.82, 2.24) is 10.3 Å². The predicted molar refractivity (Wildman–Crippen MR) is 69.0 cm³/mol. The van der Waals surface area contributed by atoms with Gasteiger partial charge in [0.25, 0.3) is 0 Å². The molecule has 0 aromatic carbocycles. The van der Waals surface area contributed by atoms with Crippen LogP contribution in [0.2, 0.25) is 0 Å². The summed E-state index contributed by atoms with van der Waals surface area (Å²) >= 11 is 0.